The maximum absolute atomic E-state index is 10.5. The Morgan fingerprint density at radius 1 is 1.35 bits per heavy atom. The van der Waals surface area contributed by atoms with E-state index in [-0.39, 0.29) is 17.8 Å². The lowest BCUT2D eigenvalue weighted by molar-refractivity contribution is 0.0828. The van der Waals surface area contributed by atoms with Gasteiger partial charge in [-0.15, -0.1) is 0 Å². The van der Waals surface area contributed by atoms with E-state index >= 15 is 0 Å². The second-order valence-corrected chi connectivity index (χ2v) is 6.00. The first-order chi connectivity index (χ1) is 9.69. The van der Waals surface area contributed by atoms with E-state index in [0.29, 0.717) is 11.8 Å². The number of aromatic hydroxyl groups is 1. The number of phenolic OH excluding ortho intramolecular Hbond substituents is 1. The molecule has 0 radical (unpaired) electrons. The molecule has 1 fully saturated rings. The number of fused-ring (bicyclic) bond motifs is 2. The van der Waals surface area contributed by atoms with Crippen molar-refractivity contribution in [3.63, 3.8) is 0 Å². The number of phenols is 1. The van der Waals surface area contributed by atoms with Gasteiger partial charge < -0.3 is 14.9 Å². The lowest BCUT2D eigenvalue weighted by atomic mass is 9.74. The van der Waals surface area contributed by atoms with Gasteiger partial charge >= 0.3 is 0 Å². The largest absolute Gasteiger partial charge is 0.504 e. The Morgan fingerprint density at radius 2 is 2.20 bits per heavy atom. The van der Waals surface area contributed by atoms with Crippen LogP contribution < -0.4 is 4.74 Å². The number of hydrogen-bond acceptors (Lipinski definition) is 4. The zero-order chi connectivity index (χ0) is 13.9. The van der Waals surface area contributed by atoms with Crippen LogP contribution in [-0.2, 0) is 6.54 Å². The van der Waals surface area contributed by atoms with Gasteiger partial charge in [0.05, 0.1) is 13.2 Å². The first-order valence-electron chi connectivity index (χ1n) is 7.20. The number of ether oxygens (including phenoxy) is 1. The SMILES string of the molecule is COc1cc2c(cc1O)CN1CCC3=CC[C@H](O)[C@H]2[C@@H]31. The number of aliphatic hydroxyl groups excluding tert-OH is 1. The molecule has 2 N–H and O–H groups in total. The smallest absolute Gasteiger partial charge is 0.160 e. The van der Waals surface area contributed by atoms with E-state index in [4.69, 9.17) is 4.74 Å². The Bertz CT molecular complexity index is 596. The summed E-state index contributed by atoms with van der Waals surface area (Å²) >= 11 is 0. The van der Waals surface area contributed by atoms with Gasteiger partial charge in [-0.25, -0.2) is 0 Å². The molecule has 1 aromatic rings. The van der Waals surface area contributed by atoms with Crippen LogP contribution in [0.5, 0.6) is 11.5 Å². The standard InChI is InChI=1S/C16H19NO3/c1-20-14-7-11-10(6-13(14)19)8-17-5-4-9-2-3-12(18)15(11)16(9)17/h2,6-7,12,15-16,18-19H,3-5,8H2,1H3/t12-,15-,16+/m0/s1. The summed E-state index contributed by atoms with van der Waals surface area (Å²) in [6.45, 7) is 1.89. The van der Waals surface area contributed by atoms with Gasteiger partial charge in [0.2, 0.25) is 0 Å². The molecule has 0 amide bonds. The molecule has 1 saturated heterocycles. The maximum atomic E-state index is 10.5. The van der Waals surface area contributed by atoms with Crippen molar-refractivity contribution in [3.8, 4) is 11.5 Å². The highest BCUT2D eigenvalue weighted by Gasteiger charge is 2.45. The van der Waals surface area contributed by atoms with E-state index in [0.717, 1.165) is 37.1 Å². The topological polar surface area (TPSA) is 52.9 Å². The minimum atomic E-state index is -0.349. The van der Waals surface area contributed by atoms with Crippen molar-refractivity contribution in [3.05, 3.63) is 34.9 Å². The van der Waals surface area contributed by atoms with Crippen molar-refractivity contribution in [2.45, 2.75) is 37.5 Å². The molecule has 0 bridgehead atoms. The van der Waals surface area contributed by atoms with E-state index < -0.39 is 0 Å². The van der Waals surface area contributed by atoms with E-state index in [1.165, 1.54) is 5.57 Å². The molecule has 106 valence electrons. The monoisotopic (exact) mass is 273 g/mol. The van der Waals surface area contributed by atoms with Crippen LogP contribution in [0.25, 0.3) is 0 Å². The second kappa shape index (κ2) is 4.24. The van der Waals surface area contributed by atoms with Gasteiger partial charge in [0.25, 0.3) is 0 Å². The van der Waals surface area contributed by atoms with Crippen molar-refractivity contribution >= 4 is 0 Å². The van der Waals surface area contributed by atoms with Gasteiger partial charge in [0, 0.05) is 25.0 Å². The summed E-state index contributed by atoms with van der Waals surface area (Å²) in [5.74, 6) is 0.791. The average molecular weight is 273 g/mol. The van der Waals surface area contributed by atoms with E-state index in [9.17, 15) is 10.2 Å². The molecule has 3 aliphatic rings. The first-order valence-corrected chi connectivity index (χ1v) is 7.20. The predicted molar refractivity (Wildman–Crippen MR) is 74.9 cm³/mol. The third kappa shape index (κ3) is 1.55. The maximum Gasteiger partial charge on any atom is 0.160 e. The summed E-state index contributed by atoms with van der Waals surface area (Å²) in [5.41, 5.74) is 3.73. The number of hydrogen-bond donors (Lipinski definition) is 2. The molecule has 20 heavy (non-hydrogen) atoms. The molecule has 2 heterocycles. The lowest BCUT2D eigenvalue weighted by Crippen LogP contribution is -2.45. The Balaban J connectivity index is 1.88. The first kappa shape index (κ1) is 12.2. The number of aliphatic hydroxyl groups is 1. The van der Waals surface area contributed by atoms with Gasteiger partial charge in [-0.05, 0) is 36.1 Å². The second-order valence-electron chi connectivity index (χ2n) is 6.00. The molecule has 1 aromatic carbocycles. The number of benzene rings is 1. The minimum absolute atomic E-state index is 0.107. The molecule has 0 spiro atoms. The molecule has 0 unspecified atom stereocenters. The molecule has 4 rings (SSSR count). The van der Waals surface area contributed by atoms with Gasteiger partial charge in [-0.2, -0.15) is 0 Å². The molecule has 3 atom stereocenters. The highest BCUT2D eigenvalue weighted by atomic mass is 16.5. The van der Waals surface area contributed by atoms with Crippen molar-refractivity contribution in [1.29, 1.82) is 0 Å². The Morgan fingerprint density at radius 3 is 3.00 bits per heavy atom. The van der Waals surface area contributed by atoms with Crippen LogP contribution in [0.4, 0.5) is 0 Å². The molecule has 0 aromatic heterocycles. The highest BCUT2D eigenvalue weighted by molar-refractivity contribution is 5.51. The summed E-state index contributed by atoms with van der Waals surface area (Å²) in [5, 5.41) is 20.5. The third-order valence-corrected chi connectivity index (χ3v) is 5.01. The van der Waals surface area contributed by atoms with Gasteiger partial charge in [0.1, 0.15) is 0 Å². The van der Waals surface area contributed by atoms with Crippen LogP contribution in [0, 0.1) is 0 Å². The fourth-order valence-electron chi connectivity index (χ4n) is 4.12. The van der Waals surface area contributed by atoms with E-state index in [1.54, 1.807) is 13.2 Å². The van der Waals surface area contributed by atoms with Crippen LogP contribution in [0.1, 0.15) is 29.9 Å². The van der Waals surface area contributed by atoms with E-state index in [2.05, 4.69) is 11.0 Å². The highest BCUT2D eigenvalue weighted by Crippen LogP contribution is 2.48. The lowest BCUT2D eigenvalue weighted by Gasteiger charge is -2.43. The summed E-state index contributed by atoms with van der Waals surface area (Å²) in [7, 11) is 1.56. The molecular formula is C16H19NO3. The molecule has 1 aliphatic carbocycles. The average Bonchev–Trinajstić information content (AvgIpc) is 2.84. The van der Waals surface area contributed by atoms with Crippen molar-refractivity contribution < 1.29 is 14.9 Å². The van der Waals surface area contributed by atoms with Crippen molar-refractivity contribution in [2.24, 2.45) is 0 Å². The fraction of sp³-hybridized carbons (Fsp3) is 0.500. The van der Waals surface area contributed by atoms with Crippen molar-refractivity contribution in [1.82, 2.24) is 4.90 Å². The van der Waals surface area contributed by atoms with Gasteiger partial charge in [0.15, 0.2) is 11.5 Å². The Labute approximate surface area is 118 Å². The van der Waals surface area contributed by atoms with Crippen LogP contribution in [0.2, 0.25) is 0 Å². The normalized spacial score (nSPS) is 31.5. The Hall–Kier alpha value is -1.52. The molecule has 0 saturated carbocycles. The van der Waals surface area contributed by atoms with E-state index in [1.807, 2.05) is 6.07 Å². The summed E-state index contributed by atoms with van der Waals surface area (Å²) in [4.78, 5) is 2.42. The summed E-state index contributed by atoms with van der Waals surface area (Å²) in [6.07, 6.45) is 3.70. The molecule has 2 aliphatic heterocycles. The van der Waals surface area contributed by atoms with Gasteiger partial charge in [-0.1, -0.05) is 11.6 Å². The Kier molecular flexibility index (Phi) is 2.59. The number of rotatable bonds is 1. The zero-order valence-corrected chi connectivity index (χ0v) is 11.5. The van der Waals surface area contributed by atoms with Crippen LogP contribution in [0.3, 0.4) is 0 Å². The minimum Gasteiger partial charge on any atom is -0.504 e. The molecule has 4 heteroatoms. The van der Waals surface area contributed by atoms with Crippen LogP contribution in [-0.4, -0.2) is 40.9 Å². The van der Waals surface area contributed by atoms with Gasteiger partial charge in [-0.3, -0.25) is 4.90 Å². The third-order valence-electron chi connectivity index (χ3n) is 5.01. The fourth-order valence-corrected chi connectivity index (χ4v) is 4.12. The number of nitrogens with zero attached hydrogens (tertiary/aromatic N) is 1. The summed E-state index contributed by atoms with van der Waals surface area (Å²) in [6, 6.07) is 4.05. The molecular weight excluding hydrogens is 254 g/mol. The number of methoxy groups -OCH3 is 1. The van der Waals surface area contributed by atoms with Crippen LogP contribution in [0.15, 0.2) is 23.8 Å². The zero-order valence-electron chi connectivity index (χ0n) is 11.5. The summed E-state index contributed by atoms with van der Waals surface area (Å²) < 4.78 is 5.24. The molecule has 4 nitrogen and oxygen atoms in total. The predicted octanol–water partition coefficient (Wildman–Crippen LogP) is 1.76. The quantitative estimate of drug-likeness (QED) is 0.766. The van der Waals surface area contributed by atoms with Crippen LogP contribution >= 0.6 is 0 Å². The van der Waals surface area contributed by atoms with Crippen molar-refractivity contribution in [2.75, 3.05) is 13.7 Å².